The van der Waals surface area contributed by atoms with Crippen molar-refractivity contribution in [3.8, 4) is 0 Å². The van der Waals surface area contributed by atoms with E-state index in [1.165, 1.54) is 34.1 Å². The van der Waals surface area contributed by atoms with Crippen LogP contribution >= 0.6 is 77.4 Å². The number of hydrogen-bond donors (Lipinski definition) is 0. The molecule has 12 aromatic heterocycles. The summed E-state index contributed by atoms with van der Waals surface area (Å²) in [6, 6.07) is 48.7. The Bertz CT molecular complexity index is 4900. The third-order valence-corrected chi connectivity index (χ3v) is 13.1. The number of hydrogen-bond acceptors (Lipinski definition) is 22. The number of carbonyl (C=O) groups is 2. The van der Waals surface area contributed by atoms with Crippen LogP contribution < -0.4 is 0 Å². The quantitative estimate of drug-likeness (QED) is 0.0253. The molecule has 32 nitrogen and oxygen atoms in total. The number of carbonyl (C=O) groups excluding carboxylic acids is 2. The first-order valence-corrected chi connectivity index (χ1v) is 43.3. The minimum Gasteiger partial charge on any atom is 0 e. The number of halogens is 12. The molecule has 12 rings (SSSR count). The summed E-state index contributed by atoms with van der Waals surface area (Å²) in [4.78, 5) is 71.8. The van der Waals surface area contributed by atoms with Crippen LogP contribution in [0.2, 0.25) is 0 Å². The third-order valence-electron chi connectivity index (χ3n) is 11.1. The maximum atomic E-state index is 11.2. The van der Waals surface area contributed by atoms with Gasteiger partial charge < -0.3 is 110 Å². The first kappa shape index (κ1) is 115. The molecule has 54 heteroatoms. The summed E-state index contributed by atoms with van der Waals surface area (Å²) in [7, 11) is -17.9. The number of rotatable bonds is 18. The van der Waals surface area contributed by atoms with E-state index in [1.807, 2.05) is 24.3 Å². The average Bonchev–Trinajstić information content (AvgIpc) is 0.781. The molecular formula is C65H64Cl6F6N22Ni5O10PS4-. The van der Waals surface area contributed by atoms with Crippen molar-refractivity contribution in [3.05, 3.63) is 235 Å². The van der Waals surface area contributed by atoms with Gasteiger partial charge in [-0.1, -0.05) is 121 Å². The molecule has 119 heavy (non-hydrogen) atoms. The molecule has 0 saturated carbocycles. The SMILES string of the molecule is CN(C)C=O.CN(C)C=O.CS(=O)(=O)[N-]c1ccc2ccc([N-]c3ccccn3)nc2n1.CS(=O)(=O)[N-]c1ccc2ccc([N-]c3ccccn3)nc2n1.CS(=O)(=O)[N-]c1ccc2ccc([N-]c3ccccn3)nc2n1.CS(=O)(=O)[N-]c1ccc2ccc([N-]c3ccccn3)nc2n1.ClCCl.ClCCl.ClCCl.F[P-](F)(F)(F)(F)F.[Ni+2].[Ni+2].[Ni+2].[Ni+2].[Ni]. The Hall–Kier alpha value is -7.80. The van der Waals surface area contributed by atoms with Gasteiger partial charge >= 0.3 is 99.0 Å². The minimum atomic E-state index is -10.7. The van der Waals surface area contributed by atoms with Gasteiger partial charge in [-0.3, -0.25) is 9.59 Å². The van der Waals surface area contributed by atoms with Crippen molar-refractivity contribution in [2.24, 2.45) is 0 Å². The second-order valence-electron chi connectivity index (χ2n) is 21.4. The van der Waals surface area contributed by atoms with Crippen LogP contribution in [0.4, 0.5) is 95.0 Å². The largest absolute Gasteiger partial charge is 2.00 e. The molecule has 0 aliphatic carbocycles. The van der Waals surface area contributed by atoms with E-state index >= 15 is 0 Å². The van der Waals surface area contributed by atoms with E-state index in [4.69, 9.17) is 69.6 Å². The van der Waals surface area contributed by atoms with Crippen LogP contribution in [0.3, 0.4) is 0 Å². The van der Waals surface area contributed by atoms with Crippen LogP contribution in [-0.2, 0) is 132 Å². The molecule has 0 aromatic carbocycles. The fraction of sp³-hybridized carbons (Fsp3) is 0.169. The van der Waals surface area contributed by atoms with Crippen LogP contribution in [0.15, 0.2) is 195 Å². The van der Waals surface area contributed by atoms with Crippen LogP contribution in [0.5, 0.6) is 0 Å². The van der Waals surface area contributed by atoms with Gasteiger partial charge in [0.05, 0.1) is 16.0 Å². The normalized spacial score (nSPS) is 10.8. The van der Waals surface area contributed by atoms with Crippen molar-refractivity contribution in [2.75, 3.05) is 69.2 Å². The molecular weight excluding hydrogens is 2030 g/mol. The molecule has 0 unspecified atom stereocenters. The van der Waals surface area contributed by atoms with Crippen molar-refractivity contribution in [3.63, 3.8) is 0 Å². The zero-order valence-electron chi connectivity index (χ0n) is 61.9. The Morgan fingerprint density at radius 1 is 0.303 bits per heavy atom. The molecule has 0 radical (unpaired) electrons. The molecule has 0 saturated heterocycles. The van der Waals surface area contributed by atoms with Gasteiger partial charge in [0, 0.05) is 116 Å². The van der Waals surface area contributed by atoms with Crippen molar-refractivity contribution < 1.29 is 151 Å². The summed E-state index contributed by atoms with van der Waals surface area (Å²) >= 11 is 28.6. The molecule has 0 aliphatic heterocycles. The monoisotopic (exact) mass is 2080 g/mol. The zero-order valence-corrected chi connectivity index (χ0v) is 75.5. The number of alkyl halides is 6. The van der Waals surface area contributed by atoms with Crippen LogP contribution in [0.25, 0.3) is 84.3 Å². The van der Waals surface area contributed by atoms with E-state index in [0.717, 1.165) is 59.4 Å². The summed E-state index contributed by atoms with van der Waals surface area (Å²) in [6.45, 7) is 0. The van der Waals surface area contributed by atoms with Gasteiger partial charge in [-0.05, 0) is 141 Å². The number of nitrogens with zero attached hydrogens (tertiary/aromatic N) is 22. The number of amides is 2. The van der Waals surface area contributed by atoms with Gasteiger partial charge in [-0.15, -0.1) is 69.6 Å². The van der Waals surface area contributed by atoms with Crippen LogP contribution in [0.1, 0.15) is 0 Å². The predicted octanol–water partition coefficient (Wildman–Crippen LogP) is 20.3. The molecule has 0 spiro atoms. The van der Waals surface area contributed by atoms with Crippen molar-refractivity contribution in [1.29, 1.82) is 0 Å². The third kappa shape index (κ3) is 55.7. The van der Waals surface area contributed by atoms with E-state index in [0.29, 0.717) is 69.1 Å². The predicted molar refractivity (Wildman–Crippen MR) is 440 cm³/mol. The number of sulfonamides is 4. The van der Waals surface area contributed by atoms with Gasteiger partial charge in [-0.25, -0.2) is 33.7 Å². The fourth-order valence-corrected chi connectivity index (χ4v) is 8.96. The maximum absolute atomic E-state index is 11.2. The number of pyridine rings is 12. The van der Waals surface area contributed by atoms with E-state index in [-0.39, 0.29) is 122 Å². The topological polar surface area (TPSA) is 445 Å². The Balaban J connectivity index is -0.00000135. The van der Waals surface area contributed by atoms with Crippen LogP contribution in [0, 0.1) is 0 Å². The number of aromatic nitrogens is 12. The summed E-state index contributed by atoms with van der Waals surface area (Å²) in [5.41, 5.74) is 1.51. The summed E-state index contributed by atoms with van der Waals surface area (Å²) in [5.74, 6) is 4.27. The van der Waals surface area contributed by atoms with E-state index in [2.05, 4.69) is 100.0 Å². The van der Waals surface area contributed by atoms with Gasteiger partial charge in [0.2, 0.25) is 12.8 Å². The molecule has 0 N–H and O–H groups in total. The van der Waals surface area contributed by atoms with E-state index < -0.39 is 47.9 Å². The second kappa shape index (κ2) is 55.3. The Morgan fingerprint density at radius 2 is 0.445 bits per heavy atom. The molecule has 658 valence electrons. The maximum Gasteiger partial charge on any atom is 2.00 e. The molecule has 0 bridgehead atoms. The smallest absolute Gasteiger partial charge is 0 e. The van der Waals surface area contributed by atoms with Gasteiger partial charge in [-0.2, -0.15) is 0 Å². The summed E-state index contributed by atoms with van der Waals surface area (Å²) in [5, 5.41) is 20.8. The van der Waals surface area contributed by atoms with E-state index in [9.17, 15) is 68.4 Å². The van der Waals surface area contributed by atoms with Gasteiger partial charge in [0.25, 0.3) is 0 Å². The molecule has 0 aliphatic rings. The second-order valence-corrected chi connectivity index (χ2v) is 32.4. The van der Waals surface area contributed by atoms with Crippen LogP contribution in [-0.4, -0.2) is 185 Å². The first-order valence-electron chi connectivity index (χ1n) is 30.7. The van der Waals surface area contributed by atoms with Crippen molar-refractivity contribution >= 4 is 244 Å². The van der Waals surface area contributed by atoms with E-state index in [1.54, 1.807) is 174 Å². The average molecular weight is 2090 g/mol. The fourth-order valence-electron chi connectivity index (χ4n) is 7.20. The van der Waals surface area contributed by atoms with Crippen molar-refractivity contribution in [1.82, 2.24) is 69.6 Å². The molecule has 2 amide bonds. The Morgan fingerprint density at radius 3 is 0.571 bits per heavy atom. The standard InChI is InChI=1S/4C14H11N5O2S.2C3H7NO.3CH2Cl2.F6P.5Ni/c4*1-22(20,21)19-13-8-6-10-5-7-12(17-14(10)18-13)16-11-4-2-3-9-15-11;2*1-4(2)3-5;3*2-1-3;1-7(2,3,4,5)6;;;;;/h4*2-9H,1H3;2*3H,1-2H3;3*1H2;;;;;;/q4*-2;;;;;;-1;;4*+2. The molecule has 0 fully saturated rings. The van der Waals surface area contributed by atoms with Gasteiger partial charge in [0.1, 0.15) is 0 Å². The zero-order chi connectivity index (χ0) is 85.4. The first-order chi connectivity index (χ1) is 53.2. The van der Waals surface area contributed by atoms with Crippen molar-refractivity contribution in [2.45, 2.75) is 0 Å². The molecule has 12 aromatic rings. The molecule has 12 heterocycles. The minimum absolute atomic E-state index is 0. The Labute approximate surface area is 761 Å². The number of fused-ring (bicyclic) bond motifs is 4. The van der Waals surface area contributed by atoms with Gasteiger partial charge in [0.15, 0.2) is 40.1 Å². The Kier molecular flexibility index (Phi) is 53.6. The summed E-state index contributed by atoms with van der Waals surface area (Å²) < 4.78 is 163. The summed E-state index contributed by atoms with van der Waals surface area (Å²) in [6.07, 6.45) is 12.1. The molecule has 0 atom stereocenters.